The molecular weight excluding hydrogens is 853 g/mol. The van der Waals surface area contributed by atoms with Crippen molar-refractivity contribution in [1.29, 1.82) is 5.26 Å². The van der Waals surface area contributed by atoms with Crippen LogP contribution in [0.5, 0.6) is 46.0 Å². The molecule has 0 saturated carbocycles. The fourth-order valence-electron chi connectivity index (χ4n) is 11.1. The van der Waals surface area contributed by atoms with E-state index in [1.165, 1.54) is 7.11 Å². The number of carbonyl (C=O) groups is 2. The number of piperazine rings is 1. The Kier molecular flexibility index (Phi) is 10.6. The first kappa shape index (κ1) is 43.1. The summed E-state index contributed by atoms with van der Waals surface area (Å²) in [4.78, 5) is 32.5. The predicted molar refractivity (Wildman–Crippen MR) is 238 cm³/mol. The summed E-state index contributed by atoms with van der Waals surface area (Å²) in [5, 5.41) is 26.7. The van der Waals surface area contributed by atoms with Gasteiger partial charge in [0.05, 0.1) is 37.6 Å². The van der Waals surface area contributed by atoms with Gasteiger partial charge in [-0.15, -0.1) is 11.8 Å². The van der Waals surface area contributed by atoms with Crippen LogP contribution in [0, 0.1) is 25.2 Å². The van der Waals surface area contributed by atoms with Gasteiger partial charge in [0.15, 0.2) is 40.0 Å². The number of hydrogen-bond donors (Lipinski definition) is 2. The van der Waals surface area contributed by atoms with Crippen LogP contribution in [0.4, 0.5) is 4.79 Å². The minimum atomic E-state index is -1.41. The number of hydrogen-bond acceptors (Lipinski definition) is 16. The molecule has 1 unspecified atom stereocenters. The molecule has 2 saturated heterocycles. The molecule has 7 aliphatic rings. The van der Waals surface area contributed by atoms with Crippen LogP contribution in [-0.4, -0.2) is 97.7 Å². The molecule has 7 aliphatic heterocycles. The Balaban J connectivity index is 1.20. The Morgan fingerprint density at radius 3 is 2.48 bits per heavy atom. The van der Waals surface area contributed by atoms with E-state index >= 15 is 4.79 Å². The third kappa shape index (κ3) is 6.72. The zero-order valence-corrected chi connectivity index (χ0v) is 38.4. The summed E-state index contributed by atoms with van der Waals surface area (Å²) in [6.07, 6.45) is 0.135. The topological polar surface area (TPSA) is 171 Å². The second-order valence-electron chi connectivity index (χ2n) is 18.5. The van der Waals surface area contributed by atoms with Crippen molar-refractivity contribution in [1.82, 2.24) is 15.1 Å². The normalized spacial score (nSPS) is 26.4. The van der Waals surface area contributed by atoms with Gasteiger partial charge in [-0.2, -0.15) is 5.26 Å². The van der Waals surface area contributed by atoms with Crippen molar-refractivity contribution in [3.05, 3.63) is 93.0 Å². The number of rotatable bonds is 5. The van der Waals surface area contributed by atoms with E-state index in [-0.39, 0.29) is 42.4 Å². The number of aryl methyl sites for hydroxylation is 1. The molecule has 0 aromatic heterocycles. The Bertz CT molecular complexity index is 2670. The largest absolute Gasteiger partial charge is 0.514 e. The molecule has 4 aromatic carbocycles. The van der Waals surface area contributed by atoms with Gasteiger partial charge in [-0.05, 0) is 101 Å². The van der Waals surface area contributed by atoms with Crippen LogP contribution in [0.1, 0.15) is 82.6 Å². The molecule has 15 nitrogen and oxygen atoms in total. The molecule has 16 heteroatoms. The van der Waals surface area contributed by atoms with Crippen molar-refractivity contribution in [2.75, 3.05) is 47.0 Å². The van der Waals surface area contributed by atoms with Crippen LogP contribution in [0.3, 0.4) is 0 Å². The highest BCUT2D eigenvalue weighted by molar-refractivity contribution is 7.99. The molecule has 0 amide bonds. The van der Waals surface area contributed by atoms with E-state index in [4.69, 9.17) is 37.9 Å². The second kappa shape index (κ2) is 15.9. The second-order valence-corrected chi connectivity index (χ2v) is 19.6. The van der Waals surface area contributed by atoms with Gasteiger partial charge >= 0.3 is 12.1 Å². The van der Waals surface area contributed by atoms with Gasteiger partial charge in [0.25, 0.3) is 0 Å². The highest BCUT2D eigenvalue weighted by Gasteiger charge is 2.62. The number of carbonyl (C=O) groups excluding carboxylic acids is 2. The van der Waals surface area contributed by atoms with E-state index in [0.29, 0.717) is 53.7 Å². The summed E-state index contributed by atoms with van der Waals surface area (Å²) >= 11 is 1.55. The molecule has 4 aromatic rings. The van der Waals surface area contributed by atoms with E-state index in [9.17, 15) is 15.2 Å². The number of esters is 1. The van der Waals surface area contributed by atoms with Crippen molar-refractivity contribution < 1.29 is 52.6 Å². The molecule has 4 bridgehead atoms. The quantitative estimate of drug-likeness (QED) is 0.149. The van der Waals surface area contributed by atoms with Gasteiger partial charge in [0.2, 0.25) is 6.79 Å². The molecule has 65 heavy (non-hydrogen) atoms. The highest BCUT2D eigenvalue weighted by Crippen LogP contribution is 2.65. The van der Waals surface area contributed by atoms with Gasteiger partial charge in [-0.25, -0.2) is 9.59 Å². The zero-order chi connectivity index (χ0) is 45.7. The van der Waals surface area contributed by atoms with Crippen molar-refractivity contribution >= 4 is 23.9 Å². The molecule has 7 atom stereocenters. The average Bonchev–Trinajstić information content (AvgIpc) is 3.76. The smallest absolute Gasteiger partial charge is 0.504 e. The first-order chi connectivity index (χ1) is 31.2. The van der Waals surface area contributed by atoms with E-state index in [2.05, 4.69) is 27.3 Å². The maximum Gasteiger partial charge on any atom is 0.514 e. The van der Waals surface area contributed by atoms with Crippen molar-refractivity contribution in [3.8, 4) is 52.1 Å². The summed E-state index contributed by atoms with van der Waals surface area (Å²) in [5.41, 5.74) is 4.02. The predicted octanol–water partition coefficient (Wildman–Crippen LogP) is 7.46. The lowest BCUT2D eigenvalue weighted by Crippen LogP contribution is -2.69. The van der Waals surface area contributed by atoms with Gasteiger partial charge in [0.1, 0.15) is 29.7 Å². The number of likely N-dealkylation sites (N-methyl/N-ethyl adjacent to an activating group) is 1. The number of phenolic OH excluding ortho intramolecular Hbond substituents is 1. The summed E-state index contributed by atoms with van der Waals surface area (Å²) in [7, 11) is 5.06. The molecule has 2 N–H and O–H groups in total. The molecule has 340 valence electrons. The molecule has 11 rings (SSSR count). The Morgan fingerprint density at radius 2 is 1.75 bits per heavy atom. The summed E-state index contributed by atoms with van der Waals surface area (Å²) in [5.74, 6) is 2.78. The number of para-hydroxylation sites is 1. The minimum Gasteiger partial charge on any atom is -0.504 e. The van der Waals surface area contributed by atoms with Gasteiger partial charge in [-0.3, -0.25) is 15.1 Å². The Hall–Kier alpha value is -5.86. The molecule has 2 fully saturated rings. The Labute approximate surface area is 381 Å². The lowest BCUT2D eigenvalue weighted by Gasteiger charge is -2.62. The maximum absolute atomic E-state index is 15.2. The zero-order valence-electron chi connectivity index (χ0n) is 37.6. The first-order valence-electron chi connectivity index (χ1n) is 21.8. The molecule has 7 heterocycles. The van der Waals surface area contributed by atoms with E-state index < -0.39 is 52.7 Å². The minimum absolute atomic E-state index is 0.0213. The van der Waals surface area contributed by atoms with E-state index in [0.717, 1.165) is 38.9 Å². The van der Waals surface area contributed by atoms with E-state index in [1.807, 2.05) is 51.2 Å². The SMILES string of the molecule is COc1cc2c(cc1OC(=O)OC(C)(C)C)CCN[C@]21CS[C@@H]2c3c(Oc4ccccc4)c(C)c4c(c3[C@H](COC1=O)N1C2[C@H]2c3c(cc(C)c(OC)c3O)C[C@@H]([C@@H]1C#N)N2C)OCO4. The number of nitrogens with zero attached hydrogens (tertiary/aromatic N) is 3. The average molecular weight is 905 g/mol. The highest BCUT2D eigenvalue weighted by atomic mass is 32.2. The summed E-state index contributed by atoms with van der Waals surface area (Å²) in [6.45, 7) is 9.37. The van der Waals surface area contributed by atoms with Crippen LogP contribution in [-0.2, 0) is 32.6 Å². The fourth-order valence-corrected chi connectivity index (χ4v) is 12.8. The number of nitriles is 1. The lowest BCUT2D eigenvalue weighted by atomic mass is 9.71. The van der Waals surface area contributed by atoms with Crippen molar-refractivity contribution in [2.45, 2.75) is 94.1 Å². The van der Waals surface area contributed by atoms with Crippen molar-refractivity contribution in [3.63, 3.8) is 0 Å². The fraction of sp³-hybridized carbons (Fsp3) is 0.449. The van der Waals surface area contributed by atoms with Gasteiger partial charge in [0, 0.05) is 46.6 Å². The van der Waals surface area contributed by atoms with Crippen LogP contribution in [0.2, 0.25) is 0 Å². The number of benzene rings is 4. The Morgan fingerprint density at radius 1 is 0.985 bits per heavy atom. The summed E-state index contributed by atoms with van der Waals surface area (Å²) < 4.78 is 49.0. The molecule has 1 spiro atoms. The number of thioether (sulfide) groups is 1. The van der Waals surface area contributed by atoms with Crippen LogP contribution < -0.4 is 33.7 Å². The van der Waals surface area contributed by atoms with Crippen molar-refractivity contribution in [2.24, 2.45) is 0 Å². The first-order valence-corrected chi connectivity index (χ1v) is 22.9. The van der Waals surface area contributed by atoms with Crippen LogP contribution in [0.15, 0.2) is 48.5 Å². The molecule has 0 aliphatic carbocycles. The number of aromatic hydroxyl groups is 1. The number of phenols is 1. The third-order valence-electron chi connectivity index (χ3n) is 13.7. The number of nitrogens with one attached hydrogen (secondary N) is 1. The maximum atomic E-state index is 15.2. The third-order valence-corrected chi connectivity index (χ3v) is 15.2. The van der Waals surface area contributed by atoms with E-state index in [1.54, 1.807) is 51.8 Å². The lowest BCUT2D eigenvalue weighted by molar-refractivity contribution is -0.157. The van der Waals surface area contributed by atoms with Gasteiger partial charge in [-0.1, -0.05) is 24.3 Å². The van der Waals surface area contributed by atoms with Crippen LogP contribution in [0.25, 0.3) is 0 Å². The number of ether oxygens (including phenoxy) is 8. The molecular formula is C49H52N4O11S. The monoisotopic (exact) mass is 904 g/mol. The summed E-state index contributed by atoms with van der Waals surface area (Å²) in [6, 6.07) is 15.2. The molecule has 0 radical (unpaired) electrons. The van der Waals surface area contributed by atoms with Gasteiger partial charge < -0.3 is 43.0 Å². The number of fused-ring (bicyclic) bond motifs is 9. The number of methoxy groups -OCH3 is 2. The van der Waals surface area contributed by atoms with Crippen LogP contribution >= 0.6 is 11.8 Å². The standard InChI is InChI=1S/C49H52N4O11S/c1-24-16-27-17-30-31(20-50)53-32-21-59-46(55)49(29-19-33(57-7)34(18-26(29)14-15-51-49)63-47(56)64-48(3,4)5)22-65-45(39(53)38(52(30)6)35(27)40(54)41(24)58-8)37-36(32)44-43(60-23-61-44)25(2)42(37)62-28-12-10-9-11-13-28/h9-13,16,18-19,30-32,38-39,45,51,54H,14-15,17,21-23H2,1-8H3/t30-,31-,32-,38+,39?,45+,49+/m0/s1.